The molecular formula is C19H21BrN2O. The van der Waals surface area contributed by atoms with Crippen molar-refractivity contribution in [1.29, 1.82) is 0 Å². The second-order valence-corrected chi connectivity index (χ2v) is 7.61. The molecule has 4 heteroatoms. The van der Waals surface area contributed by atoms with E-state index in [2.05, 4.69) is 62.9 Å². The molecule has 1 saturated heterocycles. The van der Waals surface area contributed by atoms with Gasteiger partial charge in [0.05, 0.1) is 5.69 Å². The van der Waals surface area contributed by atoms with Crippen LogP contribution in [-0.2, 0) is 5.60 Å². The van der Waals surface area contributed by atoms with E-state index < -0.39 is 5.60 Å². The number of fused-ring (bicyclic) bond motifs is 2. The van der Waals surface area contributed by atoms with Crippen LogP contribution in [0.2, 0.25) is 0 Å². The predicted octanol–water partition coefficient (Wildman–Crippen LogP) is 3.77. The van der Waals surface area contributed by atoms with E-state index in [1.807, 2.05) is 18.3 Å². The Bertz CT molecular complexity index is 758. The van der Waals surface area contributed by atoms with Crippen LogP contribution in [0.25, 0.3) is 12.3 Å². The normalized spacial score (nSPS) is 25.0. The first-order valence-electron chi connectivity index (χ1n) is 8.15. The topological polar surface area (TPSA) is 28.4 Å². The molecule has 0 bridgehead atoms. The van der Waals surface area contributed by atoms with Gasteiger partial charge < -0.3 is 14.6 Å². The van der Waals surface area contributed by atoms with E-state index in [9.17, 15) is 5.11 Å². The SMILES string of the molecule is CN1CCC([C@@]2(O)c3cc(Br)ccc3C=Cn3cccc32)CC1. The van der Waals surface area contributed by atoms with Crippen molar-refractivity contribution in [3.05, 3.63) is 57.8 Å². The maximum Gasteiger partial charge on any atom is 0.133 e. The Labute approximate surface area is 145 Å². The number of likely N-dealkylation sites (tertiary alicyclic amines) is 1. The third-order valence-corrected chi connectivity index (χ3v) is 5.81. The minimum absolute atomic E-state index is 0.222. The number of hydrogen-bond donors (Lipinski definition) is 1. The number of piperidine rings is 1. The molecule has 120 valence electrons. The lowest BCUT2D eigenvalue weighted by Gasteiger charge is -2.41. The highest BCUT2D eigenvalue weighted by atomic mass is 79.9. The first-order chi connectivity index (χ1) is 11.1. The third kappa shape index (κ3) is 2.40. The predicted molar refractivity (Wildman–Crippen MR) is 97.0 cm³/mol. The largest absolute Gasteiger partial charge is 0.379 e. The molecule has 4 rings (SSSR count). The molecule has 2 aliphatic rings. The van der Waals surface area contributed by atoms with Gasteiger partial charge in [0.1, 0.15) is 5.60 Å². The van der Waals surface area contributed by atoms with E-state index >= 15 is 0 Å². The van der Waals surface area contributed by atoms with Gasteiger partial charge in [0.25, 0.3) is 0 Å². The molecule has 23 heavy (non-hydrogen) atoms. The van der Waals surface area contributed by atoms with Crippen LogP contribution >= 0.6 is 15.9 Å². The number of rotatable bonds is 1. The highest BCUT2D eigenvalue weighted by molar-refractivity contribution is 9.10. The number of hydrogen-bond acceptors (Lipinski definition) is 2. The molecule has 1 N–H and O–H groups in total. The first kappa shape index (κ1) is 15.2. The average Bonchev–Trinajstić information content (AvgIpc) is 2.99. The Kier molecular flexibility index (Phi) is 3.71. The van der Waals surface area contributed by atoms with Gasteiger partial charge in [0.2, 0.25) is 0 Å². The van der Waals surface area contributed by atoms with E-state index in [0.717, 1.165) is 47.2 Å². The van der Waals surface area contributed by atoms with Gasteiger partial charge in [-0.1, -0.05) is 22.0 Å². The maximum absolute atomic E-state index is 12.0. The van der Waals surface area contributed by atoms with Gasteiger partial charge in [-0.3, -0.25) is 0 Å². The van der Waals surface area contributed by atoms with Crippen LogP contribution in [0.4, 0.5) is 0 Å². The lowest BCUT2D eigenvalue weighted by Crippen LogP contribution is -2.44. The van der Waals surface area contributed by atoms with E-state index in [1.54, 1.807) is 0 Å². The van der Waals surface area contributed by atoms with E-state index in [-0.39, 0.29) is 5.92 Å². The second kappa shape index (κ2) is 5.62. The molecule has 1 fully saturated rings. The molecule has 1 aromatic carbocycles. The van der Waals surface area contributed by atoms with Crippen molar-refractivity contribution >= 4 is 28.2 Å². The minimum atomic E-state index is -0.951. The number of halogens is 1. The molecule has 3 nitrogen and oxygen atoms in total. The molecule has 1 aromatic heterocycles. The Balaban J connectivity index is 1.91. The molecule has 2 aliphatic heterocycles. The lowest BCUT2D eigenvalue weighted by molar-refractivity contribution is -0.0151. The fraction of sp³-hybridized carbons (Fsp3) is 0.368. The summed E-state index contributed by atoms with van der Waals surface area (Å²) in [5.41, 5.74) is 2.13. The van der Waals surface area contributed by atoms with E-state index in [1.165, 1.54) is 0 Å². The first-order valence-corrected chi connectivity index (χ1v) is 8.95. The van der Waals surface area contributed by atoms with Crippen molar-refractivity contribution in [2.75, 3.05) is 20.1 Å². The second-order valence-electron chi connectivity index (χ2n) is 6.69. The zero-order valence-electron chi connectivity index (χ0n) is 13.2. The molecule has 0 radical (unpaired) electrons. The van der Waals surface area contributed by atoms with Gasteiger partial charge in [0, 0.05) is 22.8 Å². The summed E-state index contributed by atoms with van der Waals surface area (Å²) in [7, 11) is 2.15. The Morgan fingerprint density at radius 1 is 1.22 bits per heavy atom. The summed E-state index contributed by atoms with van der Waals surface area (Å²) in [5.74, 6) is 0.222. The molecule has 3 heterocycles. The van der Waals surface area contributed by atoms with Crippen molar-refractivity contribution in [1.82, 2.24) is 9.47 Å². The zero-order chi connectivity index (χ0) is 16.0. The van der Waals surface area contributed by atoms with Crippen LogP contribution in [-0.4, -0.2) is 34.7 Å². The number of nitrogens with zero attached hydrogens (tertiary/aromatic N) is 2. The minimum Gasteiger partial charge on any atom is -0.379 e. The fourth-order valence-electron chi connectivity index (χ4n) is 4.01. The maximum atomic E-state index is 12.0. The standard InChI is InChI=1S/C19H21BrN2O/c1-21-10-7-15(8-11-21)19(23)17-13-16(20)5-4-14(17)6-12-22-9-2-3-18(19)22/h2-6,9,12-13,15,23H,7-8,10-11H2,1H3/t19-/m1/s1. The van der Waals surface area contributed by atoms with Gasteiger partial charge in [-0.2, -0.15) is 0 Å². The Morgan fingerprint density at radius 3 is 2.78 bits per heavy atom. The summed E-state index contributed by atoms with van der Waals surface area (Å²) in [6.45, 7) is 2.06. The Hall–Kier alpha value is -1.36. The van der Waals surface area contributed by atoms with Gasteiger partial charge in [-0.25, -0.2) is 0 Å². The molecule has 0 unspecified atom stereocenters. The molecule has 0 aliphatic carbocycles. The fourth-order valence-corrected chi connectivity index (χ4v) is 4.37. The lowest BCUT2D eigenvalue weighted by atomic mass is 9.73. The van der Waals surface area contributed by atoms with Crippen LogP contribution in [0, 0.1) is 5.92 Å². The summed E-state index contributed by atoms with van der Waals surface area (Å²) >= 11 is 3.58. The molecule has 1 atom stereocenters. The van der Waals surface area contributed by atoms with Crippen LogP contribution < -0.4 is 0 Å². The van der Waals surface area contributed by atoms with Crippen molar-refractivity contribution in [3.63, 3.8) is 0 Å². The summed E-state index contributed by atoms with van der Waals surface area (Å²) in [4.78, 5) is 2.34. The van der Waals surface area contributed by atoms with Crippen LogP contribution in [0.1, 0.15) is 29.7 Å². The smallest absolute Gasteiger partial charge is 0.133 e. The molecule has 2 aromatic rings. The van der Waals surface area contributed by atoms with Gasteiger partial charge in [0.15, 0.2) is 0 Å². The monoisotopic (exact) mass is 372 g/mol. The van der Waals surface area contributed by atoms with Gasteiger partial charge in [-0.15, -0.1) is 0 Å². The summed E-state index contributed by atoms with van der Waals surface area (Å²) in [6, 6.07) is 10.3. The highest BCUT2D eigenvalue weighted by Crippen LogP contribution is 2.45. The molecule has 0 spiro atoms. The molecular weight excluding hydrogens is 352 g/mol. The number of aromatic nitrogens is 1. The number of aliphatic hydroxyl groups is 1. The van der Waals surface area contributed by atoms with Crippen molar-refractivity contribution in [3.8, 4) is 0 Å². The quantitative estimate of drug-likeness (QED) is 0.825. The summed E-state index contributed by atoms with van der Waals surface area (Å²) in [6.07, 6.45) is 8.17. The molecule has 0 saturated carbocycles. The van der Waals surface area contributed by atoms with Crippen LogP contribution in [0.5, 0.6) is 0 Å². The zero-order valence-corrected chi connectivity index (χ0v) is 14.8. The van der Waals surface area contributed by atoms with Crippen molar-refractivity contribution in [2.24, 2.45) is 5.92 Å². The van der Waals surface area contributed by atoms with Crippen LogP contribution in [0.3, 0.4) is 0 Å². The highest BCUT2D eigenvalue weighted by Gasteiger charge is 2.44. The molecule has 0 amide bonds. The number of benzene rings is 1. The van der Waals surface area contributed by atoms with E-state index in [4.69, 9.17) is 0 Å². The van der Waals surface area contributed by atoms with E-state index in [0.29, 0.717) is 0 Å². The van der Waals surface area contributed by atoms with Crippen molar-refractivity contribution < 1.29 is 5.11 Å². The van der Waals surface area contributed by atoms with Gasteiger partial charge in [-0.05, 0) is 74.4 Å². The third-order valence-electron chi connectivity index (χ3n) is 5.32. The van der Waals surface area contributed by atoms with Crippen LogP contribution in [0.15, 0.2) is 41.0 Å². The summed E-state index contributed by atoms with van der Waals surface area (Å²) in [5, 5.41) is 12.0. The summed E-state index contributed by atoms with van der Waals surface area (Å²) < 4.78 is 3.07. The Morgan fingerprint density at radius 2 is 2.00 bits per heavy atom. The van der Waals surface area contributed by atoms with Crippen molar-refractivity contribution in [2.45, 2.75) is 18.4 Å². The van der Waals surface area contributed by atoms with Gasteiger partial charge >= 0.3 is 0 Å². The average molecular weight is 373 g/mol.